The van der Waals surface area contributed by atoms with Gasteiger partial charge in [0.25, 0.3) is 0 Å². The van der Waals surface area contributed by atoms with Gasteiger partial charge >= 0.3 is 0 Å². The van der Waals surface area contributed by atoms with Crippen LogP contribution >= 0.6 is 0 Å². The lowest BCUT2D eigenvalue weighted by Crippen LogP contribution is -2.36. The summed E-state index contributed by atoms with van der Waals surface area (Å²) in [7, 11) is 1.81. The molecule has 0 aromatic carbocycles. The molecule has 4 heteroatoms. The highest BCUT2D eigenvalue weighted by molar-refractivity contribution is 5.12. The Hall–Kier alpha value is -0.870. The molecule has 74 valence electrons. The summed E-state index contributed by atoms with van der Waals surface area (Å²) in [5.74, 6) is 0. The van der Waals surface area contributed by atoms with E-state index in [0.717, 1.165) is 12.1 Å². The highest BCUT2D eigenvalue weighted by Crippen LogP contribution is 2.24. The summed E-state index contributed by atoms with van der Waals surface area (Å²) in [6.07, 6.45) is 3.24. The first-order valence-electron chi connectivity index (χ1n) is 4.55. The van der Waals surface area contributed by atoms with Gasteiger partial charge in [-0.1, -0.05) is 13.3 Å². The van der Waals surface area contributed by atoms with E-state index in [1.165, 1.54) is 0 Å². The van der Waals surface area contributed by atoms with Crippen LogP contribution in [-0.4, -0.2) is 21.4 Å². The third-order valence-corrected chi connectivity index (χ3v) is 2.30. The molecule has 1 unspecified atom stereocenters. The summed E-state index contributed by atoms with van der Waals surface area (Å²) in [5, 5.41) is 14.2. The van der Waals surface area contributed by atoms with E-state index in [2.05, 4.69) is 5.10 Å². The molecule has 0 fully saturated rings. The number of nitrogens with two attached hydrogens (primary N) is 1. The molecule has 1 aromatic rings. The van der Waals surface area contributed by atoms with Gasteiger partial charge in [0.15, 0.2) is 0 Å². The van der Waals surface area contributed by atoms with Crippen LogP contribution < -0.4 is 5.73 Å². The molecular formula is C9H17N3O. The van der Waals surface area contributed by atoms with E-state index >= 15 is 0 Å². The fourth-order valence-electron chi connectivity index (χ4n) is 1.58. The monoisotopic (exact) mass is 183 g/mol. The van der Waals surface area contributed by atoms with Gasteiger partial charge in [0.2, 0.25) is 0 Å². The Kier molecular flexibility index (Phi) is 3.06. The van der Waals surface area contributed by atoms with Crippen LogP contribution in [0.2, 0.25) is 0 Å². The molecule has 1 rings (SSSR count). The zero-order valence-corrected chi connectivity index (χ0v) is 8.20. The molecule has 0 saturated carbocycles. The van der Waals surface area contributed by atoms with E-state index < -0.39 is 5.60 Å². The molecule has 0 saturated heterocycles. The molecule has 1 aromatic heterocycles. The Bertz CT molecular complexity index is 272. The van der Waals surface area contributed by atoms with Crippen molar-refractivity contribution in [3.63, 3.8) is 0 Å². The van der Waals surface area contributed by atoms with Crippen LogP contribution in [0.3, 0.4) is 0 Å². The highest BCUT2D eigenvalue weighted by atomic mass is 16.3. The second-order valence-electron chi connectivity index (χ2n) is 3.33. The first kappa shape index (κ1) is 10.2. The van der Waals surface area contributed by atoms with Gasteiger partial charge in [0, 0.05) is 19.8 Å². The summed E-state index contributed by atoms with van der Waals surface area (Å²) in [6, 6.07) is 1.81. The predicted molar refractivity (Wildman–Crippen MR) is 51.1 cm³/mol. The Morgan fingerprint density at radius 3 is 2.77 bits per heavy atom. The van der Waals surface area contributed by atoms with Crippen molar-refractivity contribution < 1.29 is 5.11 Å². The molecule has 3 N–H and O–H groups in total. The standard InChI is InChI=1S/C9H17N3O/c1-3-5-9(13,7-10)8-4-6-11-12(8)2/h4,6,13H,3,5,7,10H2,1-2H3. The fraction of sp³-hybridized carbons (Fsp3) is 0.667. The summed E-state index contributed by atoms with van der Waals surface area (Å²) in [5.41, 5.74) is 5.43. The molecule has 0 radical (unpaired) electrons. The van der Waals surface area contributed by atoms with Crippen molar-refractivity contribution in [2.75, 3.05) is 6.54 Å². The van der Waals surface area contributed by atoms with Crippen LogP contribution in [-0.2, 0) is 12.6 Å². The van der Waals surface area contributed by atoms with Crippen molar-refractivity contribution in [3.8, 4) is 0 Å². The summed E-state index contributed by atoms with van der Waals surface area (Å²) in [6.45, 7) is 2.26. The maximum Gasteiger partial charge on any atom is 0.118 e. The number of hydrogen-bond donors (Lipinski definition) is 2. The summed E-state index contributed by atoms with van der Waals surface area (Å²) >= 11 is 0. The Labute approximate surface area is 78.4 Å². The van der Waals surface area contributed by atoms with Crippen molar-refractivity contribution >= 4 is 0 Å². The topological polar surface area (TPSA) is 64.1 Å². The average molecular weight is 183 g/mol. The first-order valence-corrected chi connectivity index (χ1v) is 4.55. The third-order valence-electron chi connectivity index (χ3n) is 2.30. The first-order chi connectivity index (χ1) is 6.14. The fourth-order valence-corrected chi connectivity index (χ4v) is 1.58. The number of rotatable bonds is 4. The summed E-state index contributed by atoms with van der Waals surface area (Å²) in [4.78, 5) is 0. The number of hydrogen-bond acceptors (Lipinski definition) is 3. The van der Waals surface area contributed by atoms with Crippen LogP contribution in [0.5, 0.6) is 0 Å². The molecule has 4 nitrogen and oxygen atoms in total. The zero-order chi connectivity index (χ0) is 9.90. The van der Waals surface area contributed by atoms with Gasteiger partial charge in [-0.2, -0.15) is 5.10 Å². The lowest BCUT2D eigenvalue weighted by Gasteiger charge is -2.26. The second-order valence-corrected chi connectivity index (χ2v) is 3.33. The van der Waals surface area contributed by atoms with Crippen LogP contribution in [0, 0.1) is 0 Å². The average Bonchev–Trinajstić information content (AvgIpc) is 2.52. The van der Waals surface area contributed by atoms with E-state index in [0.29, 0.717) is 6.42 Å². The van der Waals surface area contributed by atoms with Crippen LogP contribution in [0.4, 0.5) is 0 Å². The second kappa shape index (κ2) is 3.89. The van der Waals surface area contributed by atoms with Gasteiger partial charge in [-0.05, 0) is 12.5 Å². The van der Waals surface area contributed by atoms with Crippen molar-refractivity contribution in [1.29, 1.82) is 0 Å². The maximum absolute atomic E-state index is 10.2. The van der Waals surface area contributed by atoms with Gasteiger partial charge in [-0.15, -0.1) is 0 Å². The van der Waals surface area contributed by atoms with Crippen LogP contribution in [0.1, 0.15) is 25.5 Å². The summed E-state index contributed by atoms with van der Waals surface area (Å²) < 4.78 is 1.67. The number of aromatic nitrogens is 2. The van der Waals surface area contributed by atoms with Crippen molar-refractivity contribution in [2.24, 2.45) is 12.8 Å². The van der Waals surface area contributed by atoms with E-state index in [4.69, 9.17) is 5.73 Å². The number of aliphatic hydroxyl groups is 1. The van der Waals surface area contributed by atoms with E-state index in [9.17, 15) is 5.11 Å². The van der Waals surface area contributed by atoms with Crippen LogP contribution in [0.25, 0.3) is 0 Å². The Morgan fingerprint density at radius 1 is 1.69 bits per heavy atom. The molecule has 13 heavy (non-hydrogen) atoms. The number of nitrogens with zero attached hydrogens (tertiary/aromatic N) is 2. The van der Waals surface area contributed by atoms with E-state index in [-0.39, 0.29) is 6.54 Å². The lowest BCUT2D eigenvalue weighted by molar-refractivity contribution is 0.0278. The van der Waals surface area contributed by atoms with Crippen molar-refractivity contribution in [3.05, 3.63) is 18.0 Å². The molecule has 0 bridgehead atoms. The predicted octanol–water partition coefficient (Wildman–Crippen LogP) is 0.366. The Morgan fingerprint density at radius 2 is 2.38 bits per heavy atom. The van der Waals surface area contributed by atoms with Crippen molar-refractivity contribution in [1.82, 2.24) is 9.78 Å². The molecule has 0 amide bonds. The molecule has 0 aliphatic carbocycles. The van der Waals surface area contributed by atoms with Crippen LogP contribution in [0.15, 0.2) is 12.3 Å². The number of aryl methyl sites for hydroxylation is 1. The SMILES string of the molecule is CCCC(O)(CN)c1ccnn1C. The van der Waals surface area contributed by atoms with Gasteiger partial charge in [-0.3, -0.25) is 4.68 Å². The van der Waals surface area contributed by atoms with Gasteiger partial charge in [0.05, 0.1) is 5.69 Å². The van der Waals surface area contributed by atoms with Crippen molar-refractivity contribution in [2.45, 2.75) is 25.4 Å². The largest absolute Gasteiger partial charge is 0.382 e. The van der Waals surface area contributed by atoms with Gasteiger partial charge in [-0.25, -0.2) is 0 Å². The molecule has 0 aliphatic rings. The highest BCUT2D eigenvalue weighted by Gasteiger charge is 2.29. The molecule has 1 heterocycles. The zero-order valence-electron chi connectivity index (χ0n) is 8.20. The van der Waals surface area contributed by atoms with Gasteiger partial charge < -0.3 is 10.8 Å². The molecular weight excluding hydrogens is 166 g/mol. The normalized spacial score (nSPS) is 15.7. The molecule has 0 spiro atoms. The van der Waals surface area contributed by atoms with Gasteiger partial charge in [0.1, 0.15) is 5.60 Å². The minimum absolute atomic E-state index is 0.236. The minimum Gasteiger partial charge on any atom is -0.382 e. The van der Waals surface area contributed by atoms with E-state index in [1.807, 2.05) is 20.0 Å². The smallest absolute Gasteiger partial charge is 0.118 e. The molecule has 0 aliphatic heterocycles. The lowest BCUT2D eigenvalue weighted by atomic mass is 9.94. The van der Waals surface area contributed by atoms with E-state index in [1.54, 1.807) is 10.9 Å². The minimum atomic E-state index is -0.917. The maximum atomic E-state index is 10.2. The molecule has 1 atom stereocenters. The quantitative estimate of drug-likeness (QED) is 0.708. The Balaban J connectivity index is 2.95. The third kappa shape index (κ3) is 1.89.